The third-order valence-corrected chi connectivity index (χ3v) is 4.47. The summed E-state index contributed by atoms with van der Waals surface area (Å²) in [5, 5.41) is 0.859. The van der Waals surface area contributed by atoms with Crippen molar-refractivity contribution < 1.29 is 0 Å². The van der Waals surface area contributed by atoms with Gasteiger partial charge in [-0.2, -0.15) is 0 Å². The fraction of sp³-hybridized carbons (Fsp3) is 0.600. The molecular weight excluding hydrogens is 244 g/mol. The van der Waals surface area contributed by atoms with Gasteiger partial charge in [0.1, 0.15) is 0 Å². The quantitative estimate of drug-likeness (QED) is 0.886. The van der Waals surface area contributed by atoms with Crippen LogP contribution in [-0.4, -0.2) is 25.0 Å². The minimum Gasteiger partial charge on any atom is -0.330 e. The van der Waals surface area contributed by atoms with Crippen molar-refractivity contribution >= 4 is 11.6 Å². The molecule has 0 spiro atoms. The molecule has 1 aliphatic carbocycles. The van der Waals surface area contributed by atoms with Crippen molar-refractivity contribution in [1.82, 2.24) is 4.90 Å². The molecule has 1 aromatic carbocycles. The second kappa shape index (κ2) is 6.05. The topological polar surface area (TPSA) is 29.3 Å². The van der Waals surface area contributed by atoms with Crippen LogP contribution in [0.15, 0.2) is 24.3 Å². The zero-order valence-electron chi connectivity index (χ0n) is 11.2. The summed E-state index contributed by atoms with van der Waals surface area (Å²) < 4.78 is 0. The van der Waals surface area contributed by atoms with E-state index in [1.165, 1.54) is 31.2 Å². The van der Waals surface area contributed by atoms with Crippen LogP contribution in [0, 0.1) is 5.41 Å². The van der Waals surface area contributed by atoms with Crippen molar-refractivity contribution in [3.05, 3.63) is 34.9 Å². The summed E-state index contributed by atoms with van der Waals surface area (Å²) in [5.41, 5.74) is 7.53. The summed E-state index contributed by atoms with van der Waals surface area (Å²) in [5.74, 6) is 0. The minimum absolute atomic E-state index is 0.343. The van der Waals surface area contributed by atoms with E-state index >= 15 is 0 Å². The van der Waals surface area contributed by atoms with Crippen molar-refractivity contribution in [1.29, 1.82) is 0 Å². The average Bonchev–Trinajstić information content (AvgIpc) is 2.81. The molecule has 0 bridgehead atoms. The molecule has 18 heavy (non-hydrogen) atoms. The number of rotatable bonds is 5. The van der Waals surface area contributed by atoms with Crippen molar-refractivity contribution in [2.24, 2.45) is 11.1 Å². The van der Waals surface area contributed by atoms with Crippen LogP contribution in [-0.2, 0) is 6.54 Å². The summed E-state index contributed by atoms with van der Waals surface area (Å²) in [6.45, 7) is 2.79. The average molecular weight is 267 g/mol. The smallest absolute Gasteiger partial charge is 0.0451 e. The van der Waals surface area contributed by atoms with E-state index in [0.717, 1.165) is 24.7 Å². The first-order valence-electron chi connectivity index (χ1n) is 6.77. The van der Waals surface area contributed by atoms with Gasteiger partial charge in [-0.25, -0.2) is 0 Å². The zero-order chi connectivity index (χ0) is 13.0. The summed E-state index contributed by atoms with van der Waals surface area (Å²) in [7, 11) is 2.17. The SMILES string of the molecule is CN(Cc1ccccc1Cl)CC1(CN)CCCC1. The maximum Gasteiger partial charge on any atom is 0.0451 e. The molecule has 0 saturated heterocycles. The molecule has 0 aliphatic heterocycles. The van der Waals surface area contributed by atoms with Gasteiger partial charge in [0.15, 0.2) is 0 Å². The number of benzene rings is 1. The van der Waals surface area contributed by atoms with Gasteiger partial charge in [-0.1, -0.05) is 42.6 Å². The molecule has 0 unspecified atom stereocenters. The molecule has 0 aromatic heterocycles. The third kappa shape index (κ3) is 3.25. The van der Waals surface area contributed by atoms with Crippen molar-refractivity contribution in [2.75, 3.05) is 20.1 Å². The molecule has 2 nitrogen and oxygen atoms in total. The fourth-order valence-electron chi connectivity index (χ4n) is 3.10. The van der Waals surface area contributed by atoms with E-state index in [9.17, 15) is 0 Å². The molecule has 3 heteroatoms. The van der Waals surface area contributed by atoms with Gasteiger partial charge in [0, 0.05) is 18.1 Å². The molecule has 0 heterocycles. The Bertz CT molecular complexity index is 386. The van der Waals surface area contributed by atoms with Gasteiger partial charge in [0.2, 0.25) is 0 Å². The first kappa shape index (κ1) is 13.9. The molecule has 2 N–H and O–H groups in total. The van der Waals surface area contributed by atoms with Gasteiger partial charge in [-0.15, -0.1) is 0 Å². The zero-order valence-corrected chi connectivity index (χ0v) is 11.9. The highest BCUT2D eigenvalue weighted by molar-refractivity contribution is 6.31. The van der Waals surface area contributed by atoms with Crippen LogP contribution in [0.1, 0.15) is 31.2 Å². The second-order valence-corrected chi connectivity index (χ2v) is 6.08. The van der Waals surface area contributed by atoms with Crippen LogP contribution in [0.5, 0.6) is 0 Å². The van der Waals surface area contributed by atoms with Crippen LogP contribution in [0.25, 0.3) is 0 Å². The van der Waals surface area contributed by atoms with Gasteiger partial charge in [0.05, 0.1) is 0 Å². The van der Waals surface area contributed by atoms with E-state index in [0.29, 0.717) is 5.41 Å². The second-order valence-electron chi connectivity index (χ2n) is 5.67. The summed E-state index contributed by atoms with van der Waals surface area (Å²) >= 11 is 6.20. The van der Waals surface area contributed by atoms with E-state index in [1.807, 2.05) is 18.2 Å². The van der Waals surface area contributed by atoms with Crippen LogP contribution < -0.4 is 5.73 Å². The molecule has 1 saturated carbocycles. The van der Waals surface area contributed by atoms with Crippen molar-refractivity contribution in [3.8, 4) is 0 Å². The molecule has 100 valence electrons. The molecule has 1 fully saturated rings. The van der Waals surface area contributed by atoms with Crippen LogP contribution in [0.3, 0.4) is 0 Å². The van der Waals surface area contributed by atoms with E-state index in [1.54, 1.807) is 0 Å². The lowest BCUT2D eigenvalue weighted by molar-refractivity contribution is 0.179. The monoisotopic (exact) mass is 266 g/mol. The number of hydrogen-bond acceptors (Lipinski definition) is 2. The Morgan fingerprint density at radius 2 is 1.94 bits per heavy atom. The van der Waals surface area contributed by atoms with Crippen LogP contribution in [0.4, 0.5) is 0 Å². The fourth-order valence-corrected chi connectivity index (χ4v) is 3.29. The van der Waals surface area contributed by atoms with Crippen LogP contribution >= 0.6 is 11.6 Å². The Balaban J connectivity index is 1.96. The van der Waals surface area contributed by atoms with Gasteiger partial charge in [-0.05, 0) is 43.5 Å². The summed E-state index contributed by atoms with van der Waals surface area (Å²) in [6.07, 6.45) is 5.21. The molecule has 0 radical (unpaired) electrons. The first-order chi connectivity index (χ1) is 8.65. The Labute approximate surface area is 115 Å². The van der Waals surface area contributed by atoms with E-state index in [2.05, 4.69) is 18.0 Å². The number of nitrogens with two attached hydrogens (primary N) is 1. The van der Waals surface area contributed by atoms with E-state index in [4.69, 9.17) is 17.3 Å². The summed E-state index contributed by atoms with van der Waals surface area (Å²) in [4.78, 5) is 2.36. The normalized spacial score (nSPS) is 18.4. The number of hydrogen-bond donors (Lipinski definition) is 1. The van der Waals surface area contributed by atoms with E-state index < -0.39 is 0 Å². The van der Waals surface area contributed by atoms with Crippen molar-refractivity contribution in [3.63, 3.8) is 0 Å². The predicted molar refractivity (Wildman–Crippen MR) is 77.7 cm³/mol. The maximum atomic E-state index is 6.20. The highest BCUT2D eigenvalue weighted by atomic mass is 35.5. The first-order valence-corrected chi connectivity index (χ1v) is 7.15. The lowest BCUT2D eigenvalue weighted by Gasteiger charge is -2.32. The molecule has 1 aromatic rings. The molecular formula is C15H23ClN2. The number of halogens is 1. The third-order valence-electron chi connectivity index (χ3n) is 4.10. The van der Waals surface area contributed by atoms with Gasteiger partial charge in [0.25, 0.3) is 0 Å². The molecule has 1 aliphatic rings. The Hall–Kier alpha value is -0.570. The standard InChI is InChI=1S/C15H23ClN2/c1-18(10-13-6-2-3-7-14(13)16)12-15(11-17)8-4-5-9-15/h2-3,6-7H,4-5,8-12,17H2,1H3. The highest BCUT2D eigenvalue weighted by Gasteiger charge is 2.33. The van der Waals surface area contributed by atoms with Gasteiger partial charge < -0.3 is 10.6 Å². The highest BCUT2D eigenvalue weighted by Crippen LogP contribution is 2.37. The largest absolute Gasteiger partial charge is 0.330 e. The Morgan fingerprint density at radius 1 is 1.28 bits per heavy atom. The van der Waals surface area contributed by atoms with E-state index in [-0.39, 0.29) is 0 Å². The molecule has 2 rings (SSSR count). The molecule has 0 amide bonds. The maximum absolute atomic E-state index is 6.20. The number of nitrogens with zero attached hydrogens (tertiary/aromatic N) is 1. The van der Waals surface area contributed by atoms with Gasteiger partial charge in [-0.3, -0.25) is 0 Å². The molecule has 0 atom stereocenters. The lowest BCUT2D eigenvalue weighted by Crippen LogP contribution is -2.39. The predicted octanol–water partition coefficient (Wildman–Crippen LogP) is 3.29. The van der Waals surface area contributed by atoms with Crippen LogP contribution in [0.2, 0.25) is 5.02 Å². The summed E-state index contributed by atoms with van der Waals surface area (Å²) in [6, 6.07) is 8.08. The van der Waals surface area contributed by atoms with Crippen molar-refractivity contribution in [2.45, 2.75) is 32.2 Å². The Morgan fingerprint density at radius 3 is 2.56 bits per heavy atom. The Kier molecular flexibility index (Phi) is 4.66. The van der Waals surface area contributed by atoms with Gasteiger partial charge >= 0.3 is 0 Å². The lowest BCUT2D eigenvalue weighted by atomic mass is 9.86. The minimum atomic E-state index is 0.343.